The summed E-state index contributed by atoms with van der Waals surface area (Å²) in [5, 5.41) is 20.1. The van der Waals surface area contributed by atoms with Crippen LogP contribution in [0.5, 0.6) is 0 Å². The Kier molecular flexibility index (Phi) is 6.99. The van der Waals surface area contributed by atoms with Gasteiger partial charge in [0.1, 0.15) is 19.7 Å². The third kappa shape index (κ3) is 5.42. The van der Waals surface area contributed by atoms with Gasteiger partial charge in [-0.1, -0.05) is 38.4 Å². The molecule has 1 aliphatic heterocycles. The van der Waals surface area contributed by atoms with Crippen molar-refractivity contribution in [3.63, 3.8) is 0 Å². The second-order valence-corrected chi connectivity index (χ2v) is 12.0. The molecule has 9 nitrogen and oxygen atoms in total. The lowest BCUT2D eigenvalue weighted by atomic mass is 9.69. The maximum Gasteiger partial charge on any atom is 0.133 e. The van der Waals surface area contributed by atoms with Crippen LogP contribution in [0.25, 0.3) is 10.9 Å². The summed E-state index contributed by atoms with van der Waals surface area (Å²) in [4.78, 5) is 11.0. The number of rotatable bonds is 8. The Morgan fingerprint density at radius 2 is 2.03 bits per heavy atom. The Morgan fingerprint density at radius 1 is 1.26 bits per heavy atom. The molecule has 39 heavy (non-hydrogen) atoms. The van der Waals surface area contributed by atoms with Gasteiger partial charge in [-0.25, -0.2) is 4.98 Å². The number of hydrazine groups is 2. The van der Waals surface area contributed by atoms with E-state index in [4.69, 9.17) is 19.4 Å². The Hall–Kier alpha value is -3.68. The maximum atomic E-state index is 9.84. The molecule has 3 aromatic rings. The first-order valence-electron chi connectivity index (χ1n) is 13.0. The number of halogens is 1. The van der Waals surface area contributed by atoms with Crippen molar-refractivity contribution in [1.29, 1.82) is 5.26 Å². The summed E-state index contributed by atoms with van der Waals surface area (Å²) >= 11 is 6.78. The lowest BCUT2D eigenvalue weighted by molar-refractivity contribution is 0.260. The number of pyridine rings is 2. The minimum Gasteiger partial charge on any atom is -0.383 e. The van der Waals surface area contributed by atoms with Gasteiger partial charge in [-0.05, 0) is 36.5 Å². The zero-order chi connectivity index (χ0) is 27.9. The summed E-state index contributed by atoms with van der Waals surface area (Å²) in [5.74, 6) is 0.730. The highest BCUT2D eigenvalue weighted by molar-refractivity contribution is 6.36. The Bertz CT molecular complexity index is 1470. The van der Waals surface area contributed by atoms with Gasteiger partial charge in [0, 0.05) is 61.9 Å². The van der Waals surface area contributed by atoms with Crippen LogP contribution in [0.4, 0.5) is 17.2 Å². The summed E-state index contributed by atoms with van der Waals surface area (Å²) < 4.78 is 0. The van der Waals surface area contributed by atoms with Crippen molar-refractivity contribution >= 4 is 47.5 Å². The number of anilines is 3. The second kappa shape index (κ2) is 10.1. The van der Waals surface area contributed by atoms with Gasteiger partial charge < -0.3 is 21.0 Å². The molecular formula is C28H33BClN9. The summed E-state index contributed by atoms with van der Waals surface area (Å²) in [6.45, 7) is 7.07. The number of nitrogens with zero attached hydrogens (tertiary/aromatic N) is 5. The lowest BCUT2D eigenvalue weighted by Crippen LogP contribution is -2.46. The Balaban J connectivity index is 1.64. The van der Waals surface area contributed by atoms with Gasteiger partial charge in [-0.3, -0.25) is 9.99 Å². The number of aromatic nitrogens is 2. The van der Waals surface area contributed by atoms with Crippen LogP contribution in [-0.2, 0) is 5.44 Å². The van der Waals surface area contributed by atoms with Crippen LogP contribution in [0.3, 0.4) is 0 Å². The number of nitrogens with one attached hydrogen (secondary N) is 4. The number of benzene rings is 1. The average Bonchev–Trinajstić information content (AvgIpc) is 3.62. The van der Waals surface area contributed by atoms with E-state index in [1.54, 1.807) is 12.4 Å². The fourth-order valence-corrected chi connectivity index (χ4v) is 4.88. The molecular weight excluding hydrogens is 509 g/mol. The van der Waals surface area contributed by atoms with Gasteiger partial charge >= 0.3 is 0 Å². The molecule has 200 valence electrons. The van der Waals surface area contributed by atoms with Gasteiger partial charge in [-0.2, -0.15) is 5.26 Å². The summed E-state index contributed by atoms with van der Waals surface area (Å²) in [6, 6.07) is 10.3. The van der Waals surface area contributed by atoms with Crippen molar-refractivity contribution in [2.45, 2.75) is 45.1 Å². The minimum atomic E-state index is -1.21. The summed E-state index contributed by atoms with van der Waals surface area (Å²) in [5.41, 5.74) is 9.23. The molecule has 2 aromatic heterocycles. The molecule has 0 spiro atoms. The monoisotopic (exact) mass is 541 g/mol. The zero-order valence-corrected chi connectivity index (χ0v) is 23.7. The molecule has 1 aliphatic carbocycles. The van der Waals surface area contributed by atoms with Crippen molar-refractivity contribution in [2.24, 2.45) is 5.41 Å². The smallest absolute Gasteiger partial charge is 0.133 e. The standard InChI is InChI=1S/C28H33BClN9/c1-27(2,3)16-34-24-17(13-31)14-33-25-20(24)11-18(12-22(25)30)35-28(29,21-7-6-10-32-26(21)38(4)5)23-15-39(37-36-23)19-8-9-19/h6-7,10-12,14-15,19,35-37H,8-9,16H2,1-5H3,(H,33,34). The molecule has 5 rings (SSSR count). The third-order valence-corrected chi connectivity index (χ3v) is 7.06. The van der Waals surface area contributed by atoms with Gasteiger partial charge in [-0.15, -0.1) is 5.53 Å². The molecule has 1 aromatic carbocycles. The van der Waals surface area contributed by atoms with E-state index in [1.807, 2.05) is 49.5 Å². The predicted octanol–water partition coefficient (Wildman–Crippen LogP) is 4.44. The molecule has 0 amide bonds. The van der Waals surface area contributed by atoms with E-state index >= 15 is 0 Å². The third-order valence-electron chi connectivity index (χ3n) is 6.77. The van der Waals surface area contributed by atoms with Crippen LogP contribution in [0.2, 0.25) is 5.02 Å². The van der Waals surface area contributed by atoms with Gasteiger partial charge in [0.25, 0.3) is 0 Å². The van der Waals surface area contributed by atoms with E-state index < -0.39 is 5.44 Å². The molecule has 2 aliphatic rings. The number of hydrogen-bond donors (Lipinski definition) is 4. The first kappa shape index (κ1) is 26.9. The molecule has 0 saturated heterocycles. The molecule has 3 heterocycles. The Morgan fingerprint density at radius 3 is 2.69 bits per heavy atom. The largest absolute Gasteiger partial charge is 0.383 e. The van der Waals surface area contributed by atoms with E-state index in [0.717, 1.165) is 35.3 Å². The van der Waals surface area contributed by atoms with E-state index in [-0.39, 0.29) is 5.41 Å². The molecule has 4 N–H and O–H groups in total. The predicted molar refractivity (Wildman–Crippen MR) is 158 cm³/mol. The highest BCUT2D eigenvalue weighted by Gasteiger charge is 2.39. The molecule has 1 unspecified atom stereocenters. The van der Waals surface area contributed by atoms with E-state index in [2.05, 4.69) is 63.4 Å². The van der Waals surface area contributed by atoms with Crippen molar-refractivity contribution in [3.05, 3.63) is 64.7 Å². The first-order chi connectivity index (χ1) is 18.5. The molecule has 1 fully saturated rings. The maximum absolute atomic E-state index is 9.84. The summed E-state index contributed by atoms with van der Waals surface area (Å²) in [6.07, 6.45) is 7.56. The average molecular weight is 542 g/mol. The number of hydrogen-bond acceptors (Lipinski definition) is 9. The van der Waals surface area contributed by atoms with Crippen LogP contribution < -0.4 is 26.5 Å². The van der Waals surface area contributed by atoms with Crippen molar-refractivity contribution in [3.8, 4) is 6.07 Å². The van der Waals surface area contributed by atoms with Gasteiger partial charge in [0.15, 0.2) is 0 Å². The normalized spacial score (nSPS) is 16.7. The molecule has 0 bridgehead atoms. The van der Waals surface area contributed by atoms with Gasteiger partial charge in [0.2, 0.25) is 0 Å². The van der Waals surface area contributed by atoms with E-state index in [0.29, 0.717) is 40.1 Å². The fraction of sp³-hybridized carbons (Fsp3) is 0.393. The van der Waals surface area contributed by atoms with Crippen LogP contribution in [0.15, 0.2) is 48.6 Å². The van der Waals surface area contributed by atoms with Crippen molar-refractivity contribution in [2.75, 3.05) is 36.2 Å². The summed E-state index contributed by atoms with van der Waals surface area (Å²) in [7, 11) is 11.2. The Labute approximate surface area is 236 Å². The molecule has 11 heteroatoms. The molecule has 2 radical (unpaired) electrons. The van der Waals surface area contributed by atoms with Crippen LogP contribution in [0.1, 0.15) is 44.7 Å². The minimum absolute atomic E-state index is 0.00166. The lowest BCUT2D eigenvalue weighted by Gasteiger charge is -2.36. The SMILES string of the molecule is [B]C(Nc1cc(Cl)c2ncc(C#N)c(NCC(C)(C)C)c2c1)(C1=CN(C2CC2)NN1)c1cccnc1N(C)C. The van der Waals surface area contributed by atoms with E-state index in [1.165, 1.54) is 0 Å². The first-order valence-corrected chi connectivity index (χ1v) is 13.4. The topological polar surface area (TPSA) is 104 Å². The van der Waals surface area contributed by atoms with Crippen molar-refractivity contribution in [1.82, 2.24) is 25.9 Å². The molecule has 1 atom stereocenters. The number of nitriles is 1. The second-order valence-electron chi connectivity index (χ2n) is 11.5. The van der Waals surface area contributed by atoms with E-state index in [9.17, 15) is 5.26 Å². The quantitative estimate of drug-likeness (QED) is 0.308. The fourth-order valence-electron chi connectivity index (χ4n) is 4.61. The zero-order valence-electron chi connectivity index (χ0n) is 22.9. The van der Waals surface area contributed by atoms with Crippen molar-refractivity contribution < 1.29 is 0 Å². The highest BCUT2D eigenvalue weighted by atomic mass is 35.5. The molecule has 1 saturated carbocycles. The number of fused-ring (bicyclic) bond motifs is 1. The van der Waals surface area contributed by atoms with Crippen LogP contribution in [0, 0.1) is 16.7 Å². The van der Waals surface area contributed by atoms with Crippen LogP contribution >= 0.6 is 11.6 Å². The highest BCUT2D eigenvalue weighted by Crippen LogP contribution is 2.40. The van der Waals surface area contributed by atoms with Crippen LogP contribution in [-0.4, -0.2) is 49.5 Å². The van der Waals surface area contributed by atoms with Gasteiger partial charge in [0.05, 0.1) is 32.9 Å².